The maximum atomic E-state index is 5.88. The number of hydrogen-bond acceptors (Lipinski definition) is 2. The molecule has 1 rings (SSSR count). The second-order valence-corrected chi connectivity index (χ2v) is 5.80. The number of ether oxygens (including phenoxy) is 1. The first-order valence-corrected chi connectivity index (χ1v) is 6.78. The van der Waals surface area contributed by atoms with Crippen LogP contribution in [0, 0.1) is 6.92 Å². The predicted octanol–water partition coefficient (Wildman–Crippen LogP) is 4.24. The molecular formula is C14H23BrClNO. The summed E-state index contributed by atoms with van der Waals surface area (Å²) in [6.45, 7) is 8.14. The Kier molecular flexibility index (Phi) is 7.92. The number of halogens is 2. The van der Waals surface area contributed by atoms with E-state index >= 15 is 0 Å². The van der Waals surface area contributed by atoms with Gasteiger partial charge in [0.2, 0.25) is 0 Å². The average molecular weight is 337 g/mol. The Bertz CT molecular complexity index is 380. The second-order valence-electron chi connectivity index (χ2n) is 4.95. The molecule has 0 aliphatic rings. The van der Waals surface area contributed by atoms with Gasteiger partial charge in [0.1, 0.15) is 12.4 Å². The zero-order valence-corrected chi connectivity index (χ0v) is 14.2. The molecule has 0 N–H and O–H groups in total. The van der Waals surface area contributed by atoms with Gasteiger partial charge >= 0.3 is 0 Å². The number of likely N-dealkylation sites (N-methyl/N-ethyl adjacent to an activating group) is 1. The Hall–Kier alpha value is -0.250. The molecule has 1 aromatic rings. The largest absolute Gasteiger partial charge is 0.492 e. The molecule has 0 amide bonds. The number of hydrogen-bond donors (Lipinski definition) is 0. The van der Waals surface area contributed by atoms with Crippen LogP contribution < -0.4 is 4.74 Å². The third-order valence-corrected chi connectivity index (χ3v) is 3.56. The predicted molar refractivity (Wildman–Crippen MR) is 84.3 cm³/mol. The number of aryl methyl sites for hydroxylation is 1. The van der Waals surface area contributed by atoms with Crippen molar-refractivity contribution in [3.8, 4) is 5.75 Å². The average Bonchev–Trinajstić information content (AvgIpc) is 2.22. The minimum absolute atomic E-state index is 0. The zero-order valence-electron chi connectivity index (χ0n) is 11.8. The monoisotopic (exact) mass is 335 g/mol. The van der Waals surface area contributed by atoms with Crippen LogP contribution in [0.25, 0.3) is 0 Å². The van der Waals surface area contributed by atoms with Crippen LogP contribution in [0.5, 0.6) is 5.75 Å². The molecule has 0 saturated heterocycles. The van der Waals surface area contributed by atoms with Crippen LogP contribution in [0.2, 0.25) is 0 Å². The third kappa shape index (κ3) is 5.17. The Morgan fingerprint density at radius 2 is 1.89 bits per heavy atom. The molecule has 4 heteroatoms. The molecule has 1 aromatic carbocycles. The highest BCUT2D eigenvalue weighted by Gasteiger charge is 2.10. The normalized spacial score (nSPS) is 10.7. The van der Waals surface area contributed by atoms with Crippen LogP contribution in [0.1, 0.15) is 30.9 Å². The molecule has 0 saturated carbocycles. The minimum atomic E-state index is 0. The van der Waals surface area contributed by atoms with Gasteiger partial charge in [0.05, 0.1) is 0 Å². The molecule has 0 spiro atoms. The summed E-state index contributed by atoms with van der Waals surface area (Å²) in [5, 5.41) is 0. The van der Waals surface area contributed by atoms with E-state index in [4.69, 9.17) is 4.74 Å². The lowest BCUT2D eigenvalue weighted by Gasteiger charge is -2.17. The molecule has 2 nitrogen and oxygen atoms in total. The molecule has 0 fully saturated rings. The van der Waals surface area contributed by atoms with Crippen LogP contribution in [0.3, 0.4) is 0 Å². The van der Waals surface area contributed by atoms with Gasteiger partial charge in [-0.3, -0.25) is 0 Å². The molecule has 0 unspecified atom stereocenters. The van der Waals surface area contributed by atoms with Crippen LogP contribution >= 0.6 is 28.3 Å². The van der Waals surface area contributed by atoms with Gasteiger partial charge in [-0.2, -0.15) is 0 Å². The highest BCUT2D eigenvalue weighted by Crippen LogP contribution is 2.32. The Morgan fingerprint density at radius 3 is 2.39 bits per heavy atom. The van der Waals surface area contributed by atoms with Crippen molar-refractivity contribution in [2.45, 2.75) is 26.7 Å². The molecule has 18 heavy (non-hydrogen) atoms. The summed E-state index contributed by atoms with van der Waals surface area (Å²) in [5.74, 6) is 1.49. The smallest absolute Gasteiger partial charge is 0.123 e. The van der Waals surface area contributed by atoms with E-state index in [9.17, 15) is 0 Å². The molecule has 0 bridgehead atoms. The fraction of sp³-hybridized carbons (Fsp3) is 0.571. The van der Waals surface area contributed by atoms with Gasteiger partial charge in [-0.1, -0.05) is 29.8 Å². The molecule has 0 aromatic heterocycles. The summed E-state index contributed by atoms with van der Waals surface area (Å²) < 4.78 is 7.04. The SMILES string of the molecule is Cc1cc(OCCN(C)C)c(C(C)C)cc1Br.Cl. The van der Waals surface area contributed by atoms with Crippen molar-refractivity contribution >= 4 is 28.3 Å². The van der Waals surface area contributed by atoms with Crippen LogP contribution in [-0.2, 0) is 0 Å². The minimum Gasteiger partial charge on any atom is -0.492 e. The molecule has 104 valence electrons. The van der Waals surface area contributed by atoms with E-state index in [1.807, 2.05) is 0 Å². The van der Waals surface area contributed by atoms with E-state index in [-0.39, 0.29) is 12.4 Å². The third-order valence-electron chi connectivity index (χ3n) is 2.71. The van der Waals surface area contributed by atoms with E-state index < -0.39 is 0 Å². The molecule has 0 atom stereocenters. The summed E-state index contributed by atoms with van der Waals surface area (Å²) in [7, 11) is 4.11. The van der Waals surface area contributed by atoms with Gasteiger partial charge in [0.15, 0.2) is 0 Å². The summed E-state index contributed by atoms with van der Waals surface area (Å²) in [6, 6.07) is 4.29. The van der Waals surface area contributed by atoms with E-state index in [1.165, 1.54) is 11.1 Å². The molecule has 0 aliphatic heterocycles. The maximum absolute atomic E-state index is 5.88. The summed E-state index contributed by atoms with van der Waals surface area (Å²) >= 11 is 3.58. The van der Waals surface area contributed by atoms with Crippen molar-refractivity contribution in [1.82, 2.24) is 4.90 Å². The van der Waals surface area contributed by atoms with Gasteiger partial charge in [0.25, 0.3) is 0 Å². The van der Waals surface area contributed by atoms with Gasteiger partial charge in [-0.25, -0.2) is 0 Å². The Labute approximate surface area is 125 Å². The van der Waals surface area contributed by atoms with E-state index in [2.05, 4.69) is 67.8 Å². The molecule has 0 radical (unpaired) electrons. The lowest BCUT2D eigenvalue weighted by atomic mass is 10.0. The van der Waals surface area contributed by atoms with Crippen LogP contribution in [0.15, 0.2) is 16.6 Å². The van der Waals surface area contributed by atoms with Crippen molar-refractivity contribution in [2.24, 2.45) is 0 Å². The van der Waals surface area contributed by atoms with Crippen molar-refractivity contribution in [3.63, 3.8) is 0 Å². The van der Waals surface area contributed by atoms with Crippen LogP contribution in [-0.4, -0.2) is 32.1 Å². The van der Waals surface area contributed by atoms with E-state index in [0.29, 0.717) is 5.92 Å². The first kappa shape index (κ1) is 17.8. The molecule has 0 aliphatic carbocycles. The summed E-state index contributed by atoms with van der Waals surface area (Å²) in [6.07, 6.45) is 0. The fourth-order valence-electron chi connectivity index (χ4n) is 1.58. The number of nitrogens with zero attached hydrogens (tertiary/aromatic N) is 1. The first-order valence-electron chi connectivity index (χ1n) is 5.99. The maximum Gasteiger partial charge on any atom is 0.123 e. The van der Waals surface area contributed by atoms with Crippen molar-refractivity contribution in [2.75, 3.05) is 27.2 Å². The summed E-state index contributed by atoms with van der Waals surface area (Å²) in [4.78, 5) is 2.13. The fourth-order valence-corrected chi connectivity index (χ4v) is 1.95. The lowest BCUT2D eigenvalue weighted by Crippen LogP contribution is -2.19. The van der Waals surface area contributed by atoms with Gasteiger partial charge in [-0.15, -0.1) is 12.4 Å². The van der Waals surface area contributed by atoms with Crippen molar-refractivity contribution < 1.29 is 4.74 Å². The number of rotatable bonds is 5. The van der Waals surface area contributed by atoms with Gasteiger partial charge in [-0.05, 0) is 50.2 Å². The second kappa shape index (κ2) is 8.03. The zero-order chi connectivity index (χ0) is 13.0. The highest BCUT2D eigenvalue weighted by molar-refractivity contribution is 9.10. The standard InChI is InChI=1S/C14H22BrNO.ClH/c1-10(2)12-9-13(15)11(3)8-14(12)17-7-6-16(4)5;/h8-10H,6-7H2,1-5H3;1H. The Balaban J connectivity index is 0.00000289. The Morgan fingerprint density at radius 1 is 1.28 bits per heavy atom. The van der Waals surface area contributed by atoms with Crippen LogP contribution in [0.4, 0.5) is 0 Å². The lowest BCUT2D eigenvalue weighted by molar-refractivity contribution is 0.258. The quantitative estimate of drug-likeness (QED) is 0.797. The van der Waals surface area contributed by atoms with Crippen molar-refractivity contribution in [3.05, 3.63) is 27.7 Å². The van der Waals surface area contributed by atoms with Gasteiger partial charge in [0, 0.05) is 11.0 Å². The van der Waals surface area contributed by atoms with E-state index in [0.717, 1.165) is 23.4 Å². The van der Waals surface area contributed by atoms with Gasteiger partial charge < -0.3 is 9.64 Å². The summed E-state index contributed by atoms with van der Waals surface area (Å²) in [5.41, 5.74) is 2.48. The van der Waals surface area contributed by atoms with Crippen molar-refractivity contribution in [1.29, 1.82) is 0 Å². The highest BCUT2D eigenvalue weighted by atomic mass is 79.9. The number of benzene rings is 1. The molecular weight excluding hydrogens is 314 g/mol. The topological polar surface area (TPSA) is 12.5 Å². The molecule has 0 heterocycles. The van der Waals surface area contributed by atoms with E-state index in [1.54, 1.807) is 0 Å². The first-order chi connectivity index (χ1) is 7.91.